The Hall–Kier alpha value is -1.92. The molecule has 8 heteroatoms. The highest BCUT2D eigenvalue weighted by Gasteiger charge is 2.03. The summed E-state index contributed by atoms with van der Waals surface area (Å²) >= 11 is 0. The Balaban J connectivity index is 3.35. The maximum Gasteiger partial charge on any atom is 0.354 e. The van der Waals surface area contributed by atoms with E-state index in [4.69, 9.17) is 36.2 Å². The molecule has 0 radical (unpaired) electrons. The Morgan fingerprint density at radius 1 is 1.04 bits per heavy atom. The minimum absolute atomic E-state index is 0.101. The number of aliphatic imine (C=N–C) groups is 1. The topological polar surface area (TPSA) is 113 Å². The fourth-order valence-corrected chi connectivity index (χ4v) is 1.30. The van der Waals surface area contributed by atoms with Crippen molar-refractivity contribution in [3.05, 3.63) is 12.3 Å². The largest absolute Gasteiger partial charge is 0.477 e. The van der Waals surface area contributed by atoms with Gasteiger partial charge in [0.2, 0.25) is 0 Å². The molecule has 0 atom stereocenters. The molecule has 0 aliphatic carbocycles. The highest BCUT2D eigenvalue weighted by Crippen LogP contribution is 1.86. The molecule has 0 aromatic heterocycles. The predicted molar refractivity (Wildman–Crippen MR) is 85.4 cm³/mol. The van der Waals surface area contributed by atoms with Crippen molar-refractivity contribution in [2.75, 3.05) is 59.4 Å². The Bertz CT molecular complexity index is 403. The molecule has 0 saturated heterocycles. The first-order chi connectivity index (χ1) is 11.2. The van der Waals surface area contributed by atoms with Crippen LogP contribution in [0.3, 0.4) is 0 Å². The first-order valence-electron chi connectivity index (χ1n) is 7.12. The minimum Gasteiger partial charge on any atom is -0.477 e. The third-order valence-corrected chi connectivity index (χ3v) is 2.29. The molecule has 0 aliphatic heterocycles. The number of rotatable bonds is 15. The van der Waals surface area contributed by atoms with E-state index < -0.39 is 5.97 Å². The molecular formula is C15H24N2O6. The van der Waals surface area contributed by atoms with Crippen molar-refractivity contribution in [3.63, 3.8) is 0 Å². The van der Waals surface area contributed by atoms with Gasteiger partial charge < -0.3 is 29.8 Å². The minimum atomic E-state index is -1.13. The maximum atomic E-state index is 10.7. The van der Waals surface area contributed by atoms with Gasteiger partial charge in [-0.15, -0.1) is 6.42 Å². The average Bonchev–Trinajstić information content (AvgIpc) is 2.54. The zero-order chi connectivity index (χ0) is 17.2. The van der Waals surface area contributed by atoms with E-state index in [1.807, 2.05) is 0 Å². The van der Waals surface area contributed by atoms with Gasteiger partial charge in [-0.25, -0.2) is 4.79 Å². The second-order valence-electron chi connectivity index (χ2n) is 4.03. The van der Waals surface area contributed by atoms with Crippen LogP contribution in [0, 0.1) is 12.3 Å². The summed E-state index contributed by atoms with van der Waals surface area (Å²) in [5.41, 5.74) is 5.02. The van der Waals surface area contributed by atoms with Gasteiger partial charge in [0, 0.05) is 0 Å². The second kappa shape index (κ2) is 16.5. The van der Waals surface area contributed by atoms with Crippen LogP contribution >= 0.6 is 0 Å². The van der Waals surface area contributed by atoms with Crippen molar-refractivity contribution in [1.82, 2.24) is 0 Å². The molecule has 0 spiro atoms. The predicted octanol–water partition coefficient (Wildman–Crippen LogP) is -0.316. The van der Waals surface area contributed by atoms with E-state index in [-0.39, 0.29) is 18.9 Å². The van der Waals surface area contributed by atoms with Crippen molar-refractivity contribution in [2.45, 2.75) is 0 Å². The Kier molecular flexibility index (Phi) is 15.1. The van der Waals surface area contributed by atoms with Gasteiger partial charge in [0.05, 0.1) is 52.8 Å². The van der Waals surface area contributed by atoms with Gasteiger partial charge in [-0.1, -0.05) is 5.92 Å². The third-order valence-electron chi connectivity index (χ3n) is 2.29. The zero-order valence-electron chi connectivity index (χ0n) is 13.1. The number of carboxylic acids is 1. The molecule has 3 N–H and O–H groups in total. The molecule has 23 heavy (non-hydrogen) atoms. The number of hydrogen-bond donors (Lipinski definition) is 2. The molecule has 0 amide bonds. The smallest absolute Gasteiger partial charge is 0.354 e. The average molecular weight is 328 g/mol. The summed E-state index contributed by atoms with van der Waals surface area (Å²) in [6.07, 6.45) is 7.38. The molecular weight excluding hydrogens is 304 g/mol. The van der Waals surface area contributed by atoms with Crippen LogP contribution in [0.15, 0.2) is 17.3 Å². The highest BCUT2D eigenvalue weighted by atomic mass is 16.6. The van der Waals surface area contributed by atoms with Crippen molar-refractivity contribution in [3.8, 4) is 12.3 Å². The Labute approximate surface area is 136 Å². The number of carboxylic acid groups (broad SMARTS) is 1. The molecule has 0 rings (SSSR count). The van der Waals surface area contributed by atoms with Gasteiger partial charge >= 0.3 is 5.97 Å². The maximum absolute atomic E-state index is 10.7. The number of aliphatic carboxylic acids is 1. The lowest BCUT2D eigenvalue weighted by molar-refractivity contribution is -0.129. The molecule has 130 valence electrons. The number of nitrogens with zero attached hydrogens (tertiary/aromatic N) is 1. The number of carbonyl (C=O) groups is 1. The van der Waals surface area contributed by atoms with E-state index in [0.29, 0.717) is 46.2 Å². The monoisotopic (exact) mass is 328 g/mol. The lowest BCUT2D eigenvalue weighted by atomic mass is 10.3. The Morgan fingerprint density at radius 3 is 2.04 bits per heavy atom. The van der Waals surface area contributed by atoms with Crippen LogP contribution in [0.4, 0.5) is 0 Å². The summed E-state index contributed by atoms with van der Waals surface area (Å²) in [5.74, 6) is 1.24. The van der Waals surface area contributed by atoms with E-state index in [1.54, 1.807) is 0 Å². The number of ether oxygens (including phenoxy) is 4. The molecule has 0 aliphatic rings. The van der Waals surface area contributed by atoms with Crippen LogP contribution in [-0.2, 0) is 23.7 Å². The van der Waals surface area contributed by atoms with Gasteiger partial charge in [0.1, 0.15) is 12.3 Å². The van der Waals surface area contributed by atoms with E-state index in [1.165, 1.54) is 6.08 Å². The summed E-state index contributed by atoms with van der Waals surface area (Å²) in [6.45, 7) is 3.53. The Morgan fingerprint density at radius 2 is 1.57 bits per heavy atom. The molecule has 8 nitrogen and oxygen atoms in total. The van der Waals surface area contributed by atoms with Gasteiger partial charge in [-0.2, -0.15) is 0 Å². The van der Waals surface area contributed by atoms with Gasteiger partial charge in [-0.3, -0.25) is 4.99 Å². The lowest BCUT2D eigenvalue weighted by Gasteiger charge is -2.06. The lowest BCUT2D eigenvalue weighted by Crippen LogP contribution is -2.14. The number of hydrogen-bond acceptors (Lipinski definition) is 7. The van der Waals surface area contributed by atoms with Crippen LogP contribution in [0.1, 0.15) is 0 Å². The van der Waals surface area contributed by atoms with E-state index in [0.717, 1.165) is 6.20 Å². The fraction of sp³-hybridized carbons (Fsp3) is 0.600. The highest BCUT2D eigenvalue weighted by molar-refractivity contribution is 6.40. The van der Waals surface area contributed by atoms with Crippen LogP contribution < -0.4 is 5.73 Å². The van der Waals surface area contributed by atoms with E-state index >= 15 is 0 Å². The second-order valence-corrected chi connectivity index (χ2v) is 4.03. The molecule has 0 unspecified atom stereocenters. The summed E-state index contributed by atoms with van der Waals surface area (Å²) in [4.78, 5) is 14.6. The fourth-order valence-electron chi connectivity index (χ4n) is 1.30. The summed E-state index contributed by atoms with van der Waals surface area (Å²) in [7, 11) is 0. The van der Waals surface area contributed by atoms with Gasteiger partial charge in [0.15, 0.2) is 0 Å². The summed E-state index contributed by atoms with van der Waals surface area (Å²) < 4.78 is 20.8. The molecule has 0 bridgehead atoms. The third kappa shape index (κ3) is 14.8. The zero-order valence-corrected chi connectivity index (χ0v) is 13.1. The van der Waals surface area contributed by atoms with Gasteiger partial charge in [0.25, 0.3) is 0 Å². The van der Waals surface area contributed by atoms with Crippen molar-refractivity contribution < 1.29 is 28.8 Å². The first kappa shape index (κ1) is 21.1. The van der Waals surface area contributed by atoms with E-state index in [9.17, 15) is 4.79 Å². The quantitative estimate of drug-likeness (QED) is 0.241. The SMILES string of the molecule is C#CCOCCOCCOCCOCCN=C(/C=C\N)C(=O)O. The summed E-state index contributed by atoms with van der Waals surface area (Å²) in [6, 6.07) is 0. The molecule has 0 aromatic rings. The molecule has 0 fully saturated rings. The van der Waals surface area contributed by atoms with Crippen molar-refractivity contribution in [2.24, 2.45) is 10.7 Å². The van der Waals surface area contributed by atoms with Crippen LogP contribution in [0.2, 0.25) is 0 Å². The molecule has 0 saturated carbocycles. The van der Waals surface area contributed by atoms with Crippen LogP contribution in [0.5, 0.6) is 0 Å². The normalized spacial score (nSPS) is 11.7. The summed E-state index contributed by atoms with van der Waals surface area (Å²) in [5, 5.41) is 8.78. The number of terminal acetylenes is 1. The van der Waals surface area contributed by atoms with Crippen LogP contribution in [0.25, 0.3) is 0 Å². The first-order valence-corrected chi connectivity index (χ1v) is 7.12. The molecule has 0 heterocycles. The van der Waals surface area contributed by atoms with Crippen molar-refractivity contribution >= 4 is 11.7 Å². The molecule has 0 aromatic carbocycles. The number of nitrogens with two attached hydrogens (primary N) is 1. The van der Waals surface area contributed by atoms with E-state index in [2.05, 4.69) is 10.9 Å². The van der Waals surface area contributed by atoms with Gasteiger partial charge in [-0.05, 0) is 12.3 Å². The standard InChI is InChI=1S/C15H24N2O6/c1-2-6-20-8-10-22-12-13-23-11-9-21-7-5-17-14(3-4-16)15(18)19/h1,3-4H,5-13,16H2,(H,18,19)/b4-3-,17-14?. The van der Waals surface area contributed by atoms with Crippen LogP contribution in [-0.4, -0.2) is 76.2 Å². The van der Waals surface area contributed by atoms with Crippen molar-refractivity contribution in [1.29, 1.82) is 0 Å².